The summed E-state index contributed by atoms with van der Waals surface area (Å²) in [6.45, 7) is 1.88. The van der Waals surface area contributed by atoms with E-state index in [9.17, 15) is 19.1 Å². The zero-order valence-corrected chi connectivity index (χ0v) is 17.5. The van der Waals surface area contributed by atoms with E-state index in [4.69, 9.17) is 4.74 Å². The van der Waals surface area contributed by atoms with E-state index in [0.717, 1.165) is 5.56 Å². The van der Waals surface area contributed by atoms with Crippen LogP contribution in [0.15, 0.2) is 76.5 Å². The van der Waals surface area contributed by atoms with Gasteiger partial charge in [0.2, 0.25) is 0 Å². The maximum absolute atomic E-state index is 13.1. The minimum atomic E-state index is -1.85. The highest BCUT2D eigenvalue weighted by Gasteiger charge is 2.25. The molecule has 0 aliphatic carbocycles. The molecule has 1 atom stereocenters. The molecule has 0 saturated carbocycles. The average Bonchev–Trinajstić information content (AvgIpc) is 2.77. The Morgan fingerprint density at radius 1 is 1.03 bits per heavy atom. The van der Waals surface area contributed by atoms with Crippen LogP contribution in [-0.2, 0) is 10.8 Å². The van der Waals surface area contributed by atoms with Crippen LogP contribution >= 0.6 is 0 Å². The van der Waals surface area contributed by atoms with Gasteiger partial charge in [0.25, 0.3) is 11.6 Å². The van der Waals surface area contributed by atoms with Crippen LogP contribution in [0.2, 0.25) is 0 Å². The van der Waals surface area contributed by atoms with E-state index in [1.165, 1.54) is 30.2 Å². The second kappa shape index (κ2) is 8.87. The van der Waals surface area contributed by atoms with Crippen molar-refractivity contribution in [2.75, 3.05) is 19.1 Å². The van der Waals surface area contributed by atoms with Crippen LogP contribution in [0.25, 0.3) is 0 Å². The number of rotatable bonds is 6. The van der Waals surface area contributed by atoms with Crippen LogP contribution in [0, 0.1) is 17.0 Å². The largest absolute Gasteiger partial charge is 0.495 e. The maximum Gasteiger partial charge on any atom is 0.286 e. The number of hydrogen-bond donors (Lipinski definition) is 0. The molecule has 3 rings (SSSR count). The third kappa shape index (κ3) is 4.08. The number of aryl methyl sites for hydroxylation is 1. The topological polar surface area (TPSA) is 89.8 Å². The summed E-state index contributed by atoms with van der Waals surface area (Å²) in [5, 5.41) is 11.7. The molecule has 0 saturated heterocycles. The van der Waals surface area contributed by atoms with Crippen molar-refractivity contribution in [2.45, 2.75) is 16.7 Å². The van der Waals surface area contributed by atoms with Gasteiger partial charge in [-0.3, -0.25) is 14.9 Å². The van der Waals surface area contributed by atoms with Crippen LogP contribution in [-0.4, -0.2) is 29.2 Å². The number of para-hydroxylation sites is 2. The molecule has 0 aliphatic heterocycles. The molecule has 0 heterocycles. The zero-order chi connectivity index (χ0) is 21.8. The normalized spacial score (nSPS) is 11.6. The Morgan fingerprint density at radius 3 is 2.37 bits per heavy atom. The summed E-state index contributed by atoms with van der Waals surface area (Å²) in [7, 11) is 1.19. The number of carbonyl (C=O) groups is 1. The first-order valence-electron chi connectivity index (χ1n) is 9.02. The molecule has 3 aromatic carbocycles. The molecule has 0 aliphatic rings. The van der Waals surface area contributed by atoms with Gasteiger partial charge in [0.05, 0.1) is 27.7 Å². The number of nitrogens with zero attached hydrogens (tertiary/aromatic N) is 2. The third-order valence-corrected chi connectivity index (χ3v) is 6.13. The Hall–Kier alpha value is -3.52. The number of nitro groups is 1. The van der Waals surface area contributed by atoms with Crippen molar-refractivity contribution in [3.63, 3.8) is 0 Å². The quantitative estimate of drug-likeness (QED) is 0.433. The average molecular weight is 424 g/mol. The highest BCUT2D eigenvalue weighted by molar-refractivity contribution is 7.85. The molecule has 0 N–H and O–H groups in total. The lowest BCUT2D eigenvalue weighted by Crippen LogP contribution is -2.27. The molecule has 3 aromatic rings. The van der Waals surface area contributed by atoms with E-state index >= 15 is 0 Å². The molecule has 154 valence electrons. The van der Waals surface area contributed by atoms with Gasteiger partial charge in [-0.2, -0.15) is 0 Å². The Kier molecular flexibility index (Phi) is 6.27. The Bertz CT molecular complexity index is 1150. The summed E-state index contributed by atoms with van der Waals surface area (Å²) in [5.41, 5.74) is 1.35. The number of benzene rings is 3. The summed E-state index contributed by atoms with van der Waals surface area (Å²) in [5.74, 6) is -0.0356. The first-order chi connectivity index (χ1) is 14.3. The summed E-state index contributed by atoms with van der Waals surface area (Å²) >= 11 is 0. The van der Waals surface area contributed by atoms with Crippen LogP contribution in [0.5, 0.6) is 5.75 Å². The standard InChI is InChI=1S/C22H20N2O5S/c1-15-8-4-5-9-17(15)23(2)22(25)16-12-13-20(18(14-16)24(26)27)30(28)21-11-7-6-10-19(21)29-3/h4-14H,1-3H3. The fourth-order valence-electron chi connectivity index (χ4n) is 3.08. The number of carbonyl (C=O) groups excluding carboxylic acids is 1. The van der Waals surface area contributed by atoms with E-state index in [0.29, 0.717) is 16.3 Å². The summed E-state index contributed by atoms with van der Waals surface area (Å²) in [6, 6.07) is 17.9. The van der Waals surface area contributed by atoms with Gasteiger partial charge in [-0.1, -0.05) is 30.3 Å². The van der Waals surface area contributed by atoms with Crippen molar-refractivity contribution in [1.29, 1.82) is 0 Å². The van der Waals surface area contributed by atoms with Gasteiger partial charge >= 0.3 is 0 Å². The minimum absolute atomic E-state index is 0.000375. The Balaban J connectivity index is 2.02. The van der Waals surface area contributed by atoms with Crippen LogP contribution in [0.1, 0.15) is 15.9 Å². The molecule has 1 unspecified atom stereocenters. The summed E-state index contributed by atoms with van der Waals surface area (Å²) in [4.78, 5) is 25.7. The molecular formula is C22H20N2O5S. The van der Waals surface area contributed by atoms with Crippen molar-refractivity contribution in [2.24, 2.45) is 0 Å². The van der Waals surface area contributed by atoms with Crippen LogP contribution in [0.4, 0.5) is 11.4 Å². The van der Waals surface area contributed by atoms with E-state index < -0.39 is 21.6 Å². The Labute approximate surface area is 176 Å². The van der Waals surface area contributed by atoms with Gasteiger partial charge in [-0.25, -0.2) is 4.21 Å². The molecular weight excluding hydrogens is 404 g/mol. The SMILES string of the molecule is COc1ccccc1S(=O)c1ccc(C(=O)N(C)c2ccccc2C)cc1[N+](=O)[O-]. The van der Waals surface area contributed by atoms with Gasteiger partial charge in [-0.05, 0) is 42.8 Å². The van der Waals surface area contributed by atoms with E-state index in [1.54, 1.807) is 37.4 Å². The summed E-state index contributed by atoms with van der Waals surface area (Å²) < 4.78 is 18.3. The monoisotopic (exact) mass is 424 g/mol. The second-order valence-electron chi connectivity index (χ2n) is 6.51. The smallest absolute Gasteiger partial charge is 0.286 e. The summed E-state index contributed by atoms with van der Waals surface area (Å²) in [6.07, 6.45) is 0. The first-order valence-corrected chi connectivity index (χ1v) is 10.2. The molecule has 0 fully saturated rings. The highest BCUT2D eigenvalue weighted by atomic mass is 32.2. The van der Waals surface area contributed by atoms with Gasteiger partial charge in [0.15, 0.2) is 0 Å². The third-order valence-electron chi connectivity index (χ3n) is 4.65. The number of amides is 1. The lowest BCUT2D eigenvalue weighted by Gasteiger charge is -2.19. The van der Waals surface area contributed by atoms with Crippen molar-refractivity contribution in [1.82, 2.24) is 0 Å². The molecule has 30 heavy (non-hydrogen) atoms. The fourth-order valence-corrected chi connectivity index (χ4v) is 4.37. The van der Waals surface area contributed by atoms with Gasteiger partial charge in [-0.15, -0.1) is 0 Å². The van der Waals surface area contributed by atoms with Crippen molar-refractivity contribution < 1.29 is 18.7 Å². The van der Waals surface area contributed by atoms with Gasteiger partial charge in [0, 0.05) is 24.4 Å². The Morgan fingerprint density at radius 2 is 1.70 bits per heavy atom. The van der Waals surface area contributed by atoms with Crippen LogP contribution < -0.4 is 9.64 Å². The number of methoxy groups -OCH3 is 1. The van der Waals surface area contributed by atoms with Crippen molar-refractivity contribution in [3.05, 3.63) is 88.0 Å². The number of hydrogen-bond acceptors (Lipinski definition) is 5. The second-order valence-corrected chi connectivity index (χ2v) is 7.93. The highest BCUT2D eigenvalue weighted by Crippen LogP contribution is 2.32. The molecule has 0 spiro atoms. The lowest BCUT2D eigenvalue weighted by atomic mass is 10.1. The van der Waals surface area contributed by atoms with Crippen LogP contribution in [0.3, 0.4) is 0 Å². The fraction of sp³-hybridized carbons (Fsp3) is 0.136. The van der Waals surface area contributed by atoms with E-state index in [2.05, 4.69) is 0 Å². The van der Waals surface area contributed by atoms with E-state index in [1.807, 2.05) is 25.1 Å². The lowest BCUT2D eigenvalue weighted by molar-refractivity contribution is -0.387. The predicted octanol–water partition coefficient (Wildman–Crippen LogP) is 4.36. The maximum atomic E-state index is 13.1. The van der Waals surface area contributed by atoms with Gasteiger partial charge in [0.1, 0.15) is 10.6 Å². The zero-order valence-electron chi connectivity index (χ0n) is 16.7. The number of ether oxygens (including phenoxy) is 1. The van der Waals surface area contributed by atoms with Crippen molar-refractivity contribution >= 4 is 28.1 Å². The minimum Gasteiger partial charge on any atom is -0.495 e. The molecule has 8 heteroatoms. The first kappa shape index (κ1) is 21.2. The number of anilines is 1. The molecule has 0 aromatic heterocycles. The number of nitro benzene ring substituents is 1. The molecule has 0 radical (unpaired) electrons. The van der Waals surface area contributed by atoms with E-state index in [-0.39, 0.29) is 16.1 Å². The predicted molar refractivity (Wildman–Crippen MR) is 115 cm³/mol. The molecule has 7 nitrogen and oxygen atoms in total. The van der Waals surface area contributed by atoms with Crippen molar-refractivity contribution in [3.8, 4) is 5.75 Å². The molecule has 1 amide bonds. The molecule has 0 bridgehead atoms. The van der Waals surface area contributed by atoms with Gasteiger partial charge < -0.3 is 9.64 Å².